The van der Waals surface area contributed by atoms with Crippen LogP contribution in [0.5, 0.6) is 0 Å². The molecule has 2 aliphatic rings. The van der Waals surface area contributed by atoms with Crippen LogP contribution in [0.2, 0.25) is 0 Å². The highest BCUT2D eigenvalue weighted by atomic mass is 16.3. The molecule has 0 aromatic heterocycles. The number of nitrogens with zero attached hydrogens (tertiary/aromatic N) is 2. The third kappa shape index (κ3) is 2.34. The maximum Gasteiger partial charge on any atom is 0.232 e. The van der Waals surface area contributed by atoms with Crippen molar-refractivity contribution in [3.8, 4) is 0 Å². The second kappa shape index (κ2) is 5.54. The average molecular weight is 274 g/mol. The van der Waals surface area contributed by atoms with E-state index in [1.165, 1.54) is 12.8 Å². The number of amides is 1. The Balaban J connectivity index is 1.75. The zero-order chi connectivity index (χ0) is 14.1. The standard InChI is InChI=1S/C16H22N2O2/c1-17-13-7-8-14(17)10-18(9-13)16(20)15(11-19)12-5-3-2-4-6-12/h2-6,13-15,19H,7-11H2,1H3/t13-,14-,15-/m0/s1. The van der Waals surface area contributed by atoms with Crippen LogP contribution in [0, 0.1) is 0 Å². The monoisotopic (exact) mass is 274 g/mol. The third-order valence-corrected chi connectivity index (χ3v) is 4.84. The van der Waals surface area contributed by atoms with Crippen molar-refractivity contribution in [3.63, 3.8) is 0 Å². The second-order valence-corrected chi connectivity index (χ2v) is 5.94. The number of aliphatic hydroxyl groups is 1. The fraction of sp³-hybridized carbons (Fsp3) is 0.562. The molecule has 0 saturated carbocycles. The zero-order valence-corrected chi connectivity index (χ0v) is 11.9. The first-order valence-corrected chi connectivity index (χ1v) is 7.37. The molecule has 20 heavy (non-hydrogen) atoms. The fourth-order valence-electron chi connectivity index (χ4n) is 3.53. The van der Waals surface area contributed by atoms with Crippen LogP contribution in [-0.2, 0) is 4.79 Å². The number of hydrogen-bond acceptors (Lipinski definition) is 3. The van der Waals surface area contributed by atoms with Crippen molar-refractivity contribution in [2.24, 2.45) is 0 Å². The molecule has 3 rings (SSSR count). The Bertz CT molecular complexity index is 463. The summed E-state index contributed by atoms with van der Waals surface area (Å²) in [6.45, 7) is 1.48. The smallest absolute Gasteiger partial charge is 0.232 e. The van der Waals surface area contributed by atoms with Crippen molar-refractivity contribution in [1.29, 1.82) is 0 Å². The predicted molar refractivity (Wildman–Crippen MR) is 77.4 cm³/mol. The highest BCUT2D eigenvalue weighted by Crippen LogP contribution is 2.30. The van der Waals surface area contributed by atoms with Crippen LogP contribution in [0.25, 0.3) is 0 Å². The summed E-state index contributed by atoms with van der Waals surface area (Å²) in [6, 6.07) is 10.6. The topological polar surface area (TPSA) is 43.8 Å². The van der Waals surface area contributed by atoms with Gasteiger partial charge in [0.1, 0.15) is 0 Å². The van der Waals surface area contributed by atoms with Gasteiger partial charge in [-0.1, -0.05) is 30.3 Å². The molecule has 2 saturated heterocycles. The summed E-state index contributed by atoms with van der Waals surface area (Å²) in [5, 5.41) is 9.62. The van der Waals surface area contributed by atoms with Gasteiger partial charge in [-0.15, -0.1) is 0 Å². The number of rotatable bonds is 3. The Morgan fingerprint density at radius 1 is 1.25 bits per heavy atom. The lowest BCUT2D eigenvalue weighted by molar-refractivity contribution is -0.136. The van der Waals surface area contributed by atoms with Gasteiger partial charge in [0.05, 0.1) is 12.5 Å². The molecule has 1 aromatic rings. The molecule has 1 amide bonds. The van der Waals surface area contributed by atoms with Gasteiger partial charge >= 0.3 is 0 Å². The SMILES string of the molecule is CN1[C@H]2CC[C@H]1CN(C(=O)[C@@H](CO)c1ccccc1)C2. The van der Waals surface area contributed by atoms with Gasteiger partial charge in [0.15, 0.2) is 0 Å². The molecular formula is C16H22N2O2. The molecule has 4 nitrogen and oxygen atoms in total. The van der Waals surface area contributed by atoms with E-state index in [0.717, 1.165) is 18.7 Å². The Hall–Kier alpha value is -1.39. The molecule has 1 N–H and O–H groups in total. The lowest BCUT2D eigenvalue weighted by Crippen LogP contribution is -2.54. The van der Waals surface area contributed by atoms with E-state index in [4.69, 9.17) is 0 Å². The van der Waals surface area contributed by atoms with E-state index in [2.05, 4.69) is 11.9 Å². The number of benzene rings is 1. The van der Waals surface area contributed by atoms with Crippen molar-refractivity contribution in [1.82, 2.24) is 9.80 Å². The lowest BCUT2D eigenvalue weighted by Gasteiger charge is -2.40. The first-order valence-electron chi connectivity index (χ1n) is 7.37. The quantitative estimate of drug-likeness (QED) is 0.896. The van der Waals surface area contributed by atoms with E-state index in [0.29, 0.717) is 12.1 Å². The van der Waals surface area contributed by atoms with Crippen LogP contribution in [0.1, 0.15) is 24.3 Å². The third-order valence-electron chi connectivity index (χ3n) is 4.84. The van der Waals surface area contributed by atoms with Gasteiger partial charge in [-0.3, -0.25) is 9.69 Å². The number of fused-ring (bicyclic) bond motifs is 2. The Morgan fingerprint density at radius 3 is 2.40 bits per heavy atom. The molecule has 0 aliphatic carbocycles. The molecule has 2 aliphatic heterocycles. The summed E-state index contributed by atoms with van der Waals surface area (Å²) < 4.78 is 0. The molecule has 2 bridgehead atoms. The maximum atomic E-state index is 12.7. The number of aliphatic hydroxyl groups excluding tert-OH is 1. The Morgan fingerprint density at radius 2 is 1.85 bits per heavy atom. The zero-order valence-electron chi connectivity index (χ0n) is 11.9. The van der Waals surface area contributed by atoms with Gasteiger partial charge in [-0.05, 0) is 25.5 Å². The average Bonchev–Trinajstić information content (AvgIpc) is 2.70. The first kappa shape index (κ1) is 13.6. The summed E-state index contributed by atoms with van der Waals surface area (Å²) in [6.07, 6.45) is 2.36. The first-order chi connectivity index (χ1) is 9.70. The second-order valence-electron chi connectivity index (χ2n) is 5.94. The maximum absolute atomic E-state index is 12.7. The molecule has 0 spiro atoms. The van der Waals surface area contributed by atoms with Gasteiger partial charge in [0.25, 0.3) is 0 Å². The number of likely N-dealkylation sites (tertiary alicyclic amines) is 1. The molecule has 1 aromatic carbocycles. The van der Waals surface area contributed by atoms with E-state index in [9.17, 15) is 9.90 Å². The summed E-state index contributed by atoms with van der Waals surface area (Å²) in [7, 11) is 2.16. The number of carbonyl (C=O) groups is 1. The molecule has 0 unspecified atom stereocenters. The number of piperazine rings is 1. The van der Waals surface area contributed by atoms with Crippen LogP contribution >= 0.6 is 0 Å². The van der Waals surface area contributed by atoms with Crippen LogP contribution in [0.4, 0.5) is 0 Å². The fourth-order valence-corrected chi connectivity index (χ4v) is 3.53. The van der Waals surface area contributed by atoms with Crippen molar-refractivity contribution < 1.29 is 9.90 Å². The molecule has 2 fully saturated rings. The minimum absolute atomic E-state index is 0.0729. The van der Waals surface area contributed by atoms with Crippen LogP contribution < -0.4 is 0 Å². The Labute approximate surface area is 120 Å². The van der Waals surface area contributed by atoms with Gasteiger partial charge < -0.3 is 10.0 Å². The summed E-state index contributed by atoms with van der Waals surface area (Å²) in [4.78, 5) is 17.1. The Kier molecular flexibility index (Phi) is 3.76. The summed E-state index contributed by atoms with van der Waals surface area (Å²) >= 11 is 0. The van der Waals surface area contributed by atoms with Gasteiger partial charge in [-0.25, -0.2) is 0 Å². The van der Waals surface area contributed by atoms with Crippen molar-refractivity contribution in [2.75, 3.05) is 26.7 Å². The van der Waals surface area contributed by atoms with E-state index < -0.39 is 5.92 Å². The molecule has 0 radical (unpaired) electrons. The van der Waals surface area contributed by atoms with Crippen molar-refractivity contribution >= 4 is 5.91 Å². The van der Waals surface area contributed by atoms with Crippen LogP contribution in [0.3, 0.4) is 0 Å². The number of likely N-dealkylation sites (N-methyl/N-ethyl adjacent to an activating group) is 1. The van der Waals surface area contributed by atoms with Crippen LogP contribution in [0.15, 0.2) is 30.3 Å². The molecule has 2 heterocycles. The van der Waals surface area contributed by atoms with E-state index in [1.54, 1.807) is 0 Å². The van der Waals surface area contributed by atoms with Crippen LogP contribution in [-0.4, -0.2) is 59.6 Å². The lowest BCUT2D eigenvalue weighted by atomic mass is 9.97. The molecule has 3 atom stereocenters. The molecule has 4 heteroatoms. The van der Waals surface area contributed by atoms with Gasteiger partial charge in [0.2, 0.25) is 5.91 Å². The van der Waals surface area contributed by atoms with E-state index in [1.807, 2.05) is 35.2 Å². The highest BCUT2D eigenvalue weighted by Gasteiger charge is 2.40. The normalized spacial score (nSPS) is 27.6. The highest BCUT2D eigenvalue weighted by molar-refractivity contribution is 5.84. The molecular weight excluding hydrogens is 252 g/mol. The number of carbonyl (C=O) groups excluding carboxylic acids is 1. The summed E-state index contributed by atoms with van der Waals surface area (Å²) in [5.41, 5.74) is 0.909. The van der Waals surface area contributed by atoms with Crippen molar-refractivity contribution in [2.45, 2.75) is 30.8 Å². The summed E-state index contributed by atoms with van der Waals surface area (Å²) in [5.74, 6) is -0.345. The molecule has 108 valence electrons. The predicted octanol–water partition coefficient (Wildman–Crippen LogP) is 1.07. The minimum atomic E-state index is -0.418. The van der Waals surface area contributed by atoms with E-state index in [-0.39, 0.29) is 12.5 Å². The van der Waals surface area contributed by atoms with E-state index >= 15 is 0 Å². The van der Waals surface area contributed by atoms with Gasteiger partial charge in [-0.2, -0.15) is 0 Å². The number of hydrogen-bond donors (Lipinski definition) is 1. The minimum Gasteiger partial charge on any atom is -0.395 e. The van der Waals surface area contributed by atoms with Gasteiger partial charge in [0, 0.05) is 25.2 Å². The van der Waals surface area contributed by atoms with Crippen molar-refractivity contribution in [3.05, 3.63) is 35.9 Å². The largest absolute Gasteiger partial charge is 0.395 e.